The molecule has 1 saturated heterocycles. The lowest BCUT2D eigenvalue weighted by Crippen LogP contribution is -2.64. The third kappa shape index (κ3) is 6.94. The molecule has 8 atom stereocenters. The molecule has 0 aromatic heterocycles. The molecule has 2 aliphatic heterocycles. The molecule has 3 aliphatic rings. The van der Waals surface area contributed by atoms with E-state index < -0.39 is 85.0 Å². The van der Waals surface area contributed by atoms with Crippen LogP contribution in [0, 0.1) is 5.92 Å². The molecular weight excluding hydrogens is 524 g/mol. The van der Waals surface area contributed by atoms with Crippen molar-refractivity contribution in [2.75, 3.05) is 13.7 Å². The molecule has 0 aromatic carbocycles. The summed E-state index contributed by atoms with van der Waals surface area (Å²) in [7, 11) is 1.20. The fraction of sp³-hybridized carbons (Fsp3) is 0.640. The average Bonchev–Trinajstić information content (AvgIpc) is 3.16. The van der Waals surface area contributed by atoms with E-state index in [9.17, 15) is 29.1 Å². The first-order valence-electron chi connectivity index (χ1n) is 12.1. The Labute approximate surface area is 224 Å². The van der Waals surface area contributed by atoms with Gasteiger partial charge in [-0.15, -0.1) is 0 Å². The molecule has 216 valence electrons. The van der Waals surface area contributed by atoms with Crippen molar-refractivity contribution in [3.8, 4) is 0 Å². The van der Waals surface area contributed by atoms with E-state index in [-0.39, 0.29) is 12.0 Å². The second-order valence-electron chi connectivity index (χ2n) is 9.43. The fourth-order valence-electron chi connectivity index (χ4n) is 4.72. The van der Waals surface area contributed by atoms with E-state index in [1.807, 2.05) is 0 Å². The molecule has 39 heavy (non-hydrogen) atoms. The zero-order valence-electron chi connectivity index (χ0n) is 22.4. The summed E-state index contributed by atoms with van der Waals surface area (Å²) in [6, 6.07) is 0. The number of esters is 5. The number of fused-ring (bicyclic) bond motifs is 1. The molecule has 0 radical (unpaired) electrons. The number of methoxy groups -OCH3 is 1. The van der Waals surface area contributed by atoms with Gasteiger partial charge in [0.1, 0.15) is 19.0 Å². The van der Waals surface area contributed by atoms with E-state index >= 15 is 0 Å². The van der Waals surface area contributed by atoms with E-state index in [0.717, 1.165) is 34.0 Å². The van der Waals surface area contributed by atoms with Crippen molar-refractivity contribution in [2.45, 2.75) is 83.6 Å². The van der Waals surface area contributed by atoms with Crippen molar-refractivity contribution >= 4 is 29.8 Å². The molecule has 1 fully saturated rings. The van der Waals surface area contributed by atoms with Crippen LogP contribution >= 0.6 is 0 Å². The number of rotatable bonds is 8. The van der Waals surface area contributed by atoms with Crippen LogP contribution in [0.1, 0.15) is 41.0 Å². The lowest BCUT2D eigenvalue weighted by atomic mass is 9.83. The second-order valence-corrected chi connectivity index (χ2v) is 9.43. The van der Waals surface area contributed by atoms with E-state index in [1.165, 1.54) is 14.0 Å². The first-order chi connectivity index (χ1) is 18.2. The van der Waals surface area contributed by atoms with Crippen molar-refractivity contribution in [1.82, 2.24) is 0 Å². The summed E-state index contributed by atoms with van der Waals surface area (Å²) in [5, 5.41) is 11.1. The summed E-state index contributed by atoms with van der Waals surface area (Å²) in [6.45, 7) is 5.53. The number of hydrogen-bond donors (Lipinski definition) is 1. The first kappa shape index (κ1) is 30.1. The van der Waals surface area contributed by atoms with Crippen LogP contribution < -0.4 is 0 Å². The Kier molecular flexibility index (Phi) is 9.35. The molecular formula is C25H32O14. The average molecular weight is 557 g/mol. The summed E-state index contributed by atoms with van der Waals surface area (Å²) in [4.78, 5) is 59.8. The highest BCUT2D eigenvalue weighted by Gasteiger charge is 2.56. The van der Waals surface area contributed by atoms with E-state index in [4.69, 9.17) is 37.9 Å². The maximum absolute atomic E-state index is 12.3. The predicted octanol–water partition coefficient (Wildman–Crippen LogP) is 0.197. The summed E-state index contributed by atoms with van der Waals surface area (Å²) < 4.78 is 43.7. The largest absolute Gasteiger partial charge is 0.471 e. The van der Waals surface area contributed by atoms with Gasteiger partial charge in [0.2, 0.25) is 12.6 Å². The lowest BCUT2D eigenvalue weighted by Gasteiger charge is -2.46. The van der Waals surface area contributed by atoms with Crippen molar-refractivity contribution < 1.29 is 67.0 Å². The molecule has 14 heteroatoms. The molecule has 3 rings (SSSR count). The Balaban J connectivity index is 2.01. The van der Waals surface area contributed by atoms with Gasteiger partial charge in [-0.25, -0.2) is 4.79 Å². The zero-order chi connectivity index (χ0) is 29.1. The molecule has 0 unspecified atom stereocenters. The molecule has 0 spiro atoms. The lowest BCUT2D eigenvalue weighted by molar-refractivity contribution is -0.344. The number of aliphatic hydroxyl groups is 1. The molecule has 14 nitrogen and oxygen atoms in total. The van der Waals surface area contributed by atoms with Crippen LogP contribution in [-0.2, 0) is 61.9 Å². The quantitative estimate of drug-likeness (QED) is 0.316. The third-order valence-electron chi connectivity index (χ3n) is 6.27. The van der Waals surface area contributed by atoms with Crippen LogP contribution in [0.5, 0.6) is 0 Å². The van der Waals surface area contributed by atoms with Crippen LogP contribution in [-0.4, -0.2) is 91.3 Å². The van der Waals surface area contributed by atoms with Crippen LogP contribution in [0.3, 0.4) is 0 Å². The fourth-order valence-corrected chi connectivity index (χ4v) is 4.72. The van der Waals surface area contributed by atoms with Gasteiger partial charge in [0.25, 0.3) is 0 Å². The molecule has 0 aromatic rings. The number of carbonyl (C=O) groups excluding carboxylic acids is 5. The molecule has 0 amide bonds. The second kappa shape index (κ2) is 12.1. The molecule has 0 bridgehead atoms. The highest BCUT2D eigenvalue weighted by Crippen LogP contribution is 2.46. The molecule has 1 N–H and O–H groups in total. The van der Waals surface area contributed by atoms with E-state index in [2.05, 4.69) is 0 Å². The molecule has 0 saturated carbocycles. The van der Waals surface area contributed by atoms with E-state index in [1.54, 1.807) is 6.08 Å². The number of ether oxygens (including phenoxy) is 8. The van der Waals surface area contributed by atoms with Crippen molar-refractivity contribution in [3.05, 3.63) is 23.5 Å². The minimum atomic E-state index is -1.54. The minimum Gasteiger partial charge on any atom is -0.471 e. The Morgan fingerprint density at radius 3 is 2.08 bits per heavy atom. The van der Waals surface area contributed by atoms with Crippen molar-refractivity contribution in [2.24, 2.45) is 5.92 Å². The third-order valence-corrected chi connectivity index (χ3v) is 6.27. The summed E-state index contributed by atoms with van der Waals surface area (Å²) in [6.07, 6.45) is -5.44. The topological polar surface area (TPSA) is 179 Å². The van der Waals surface area contributed by atoms with E-state index in [0.29, 0.717) is 5.57 Å². The predicted molar refractivity (Wildman–Crippen MR) is 125 cm³/mol. The smallest absolute Gasteiger partial charge is 0.341 e. The Hall–Kier alpha value is -3.49. The standard InChI is InChI=1S/C25H32O14/c1-11(26)33-10-17-19(35-12(2)27)20(36-13(3)28)21(37-14(4)29)24(38-17)39-23-18-15(7-8-25(18,5)31)16(9-34-23)22(30)32-6/h7,9,17-21,23-24,31H,8,10H2,1-6H3/t17-,18-,19-,20+,21-,23+,24+,25-/m1/s1. The van der Waals surface area contributed by atoms with Gasteiger partial charge in [-0.05, 0) is 18.9 Å². The van der Waals surface area contributed by atoms with Crippen LogP contribution in [0.15, 0.2) is 23.5 Å². The zero-order valence-corrected chi connectivity index (χ0v) is 22.4. The number of carbonyl (C=O) groups is 5. The van der Waals surface area contributed by atoms with Crippen LogP contribution in [0.2, 0.25) is 0 Å². The molecule has 1 aliphatic carbocycles. The Morgan fingerprint density at radius 1 is 0.923 bits per heavy atom. The first-order valence-corrected chi connectivity index (χ1v) is 12.1. The SMILES string of the molecule is COC(=O)C1=CO[C@@H](O[C@@H]2O[C@H](COC(C)=O)[C@@H](OC(C)=O)[C@H](OC(C)=O)[C@H]2OC(C)=O)[C@H]2C1=CC[C@@]2(C)O. The van der Waals surface area contributed by atoms with Gasteiger partial charge in [-0.1, -0.05) is 6.08 Å². The maximum Gasteiger partial charge on any atom is 0.341 e. The van der Waals surface area contributed by atoms with Gasteiger partial charge in [0.05, 0.1) is 24.2 Å². The van der Waals surface area contributed by atoms with Gasteiger partial charge < -0.3 is 43.0 Å². The monoisotopic (exact) mass is 556 g/mol. The Bertz CT molecular complexity index is 1060. The van der Waals surface area contributed by atoms with Crippen LogP contribution in [0.25, 0.3) is 0 Å². The summed E-state index contributed by atoms with van der Waals surface area (Å²) in [5.74, 6) is -4.65. The van der Waals surface area contributed by atoms with Crippen molar-refractivity contribution in [1.29, 1.82) is 0 Å². The number of hydrogen-bond acceptors (Lipinski definition) is 14. The van der Waals surface area contributed by atoms with Crippen LogP contribution in [0.4, 0.5) is 0 Å². The van der Waals surface area contributed by atoms with Gasteiger partial charge in [-0.3, -0.25) is 19.2 Å². The van der Waals surface area contributed by atoms with Gasteiger partial charge >= 0.3 is 29.8 Å². The minimum absolute atomic E-state index is 0.0849. The molecule has 2 heterocycles. The maximum atomic E-state index is 12.3. The van der Waals surface area contributed by atoms with Gasteiger partial charge in [0, 0.05) is 27.7 Å². The Morgan fingerprint density at radius 2 is 1.51 bits per heavy atom. The summed E-state index contributed by atoms with van der Waals surface area (Å²) >= 11 is 0. The highest BCUT2D eigenvalue weighted by molar-refractivity contribution is 5.93. The summed E-state index contributed by atoms with van der Waals surface area (Å²) in [5.41, 5.74) is -0.929. The van der Waals surface area contributed by atoms with Crippen molar-refractivity contribution in [3.63, 3.8) is 0 Å². The normalized spacial score (nSPS) is 33.4. The van der Waals surface area contributed by atoms with Gasteiger partial charge in [-0.2, -0.15) is 0 Å². The van der Waals surface area contributed by atoms with Gasteiger partial charge in [0.15, 0.2) is 18.3 Å². The highest BCUT2D eigenvalue weighted by atomic mass is 16.8.